The molecule has 0 aliphatic rings. The molecular weight excluding hydrogens is 287 g/mol. The minimum absolute atomic E-state index is 0.106. The van der Waals surface area contributed by atoms with Crippen molar-refractivity contribution in [2.45, 2.75) is 6.61 Å². The van der Waals surface area contributed by atoms with Crippen molar-refractivity contribution in [2.75, 3.05) is 0 Å². The standard InChI is InChI=1S/C16H11FN2O3/c17-13-5-3-12(4-6-13)16-18-15(22-19-16)10-21-14-7-1-11(9-20)2-8-14/h1-9H,10H2. The maximum Gasteiger partial charge on any atom is 0.264 e. The van der Waals surface area contributed by atoms with Crippen LogP contribution in [0.15, 0.2) is 53.1 Å². The molecule has 5 nitrogen and oxygen atoms in total. The van der Waals surface area contributed by atoms with E-state index in [-0.39, 0.29) is 12.4 Å². The number of hydrogen-bond donors (Lipinski definition) is 0. The monoisotopic (exact) mass is 298 g/mol. The van der Waals surface area contributed by atoms with E-state index in [0.717, 1.165) is 6.29 Å². The van der Waals surface area contributed by atoms with Crippen LogP contribution in [-0.2, 0) is 6.61 Å². The Hall–Kier alpha value is -3.02. The van der Waals surface area contributed by atoms with Crippen LogP contribution in [0.4, 0.5) is 4.39 Å². The van der Waals surface area contributed by atoms with Gasteiger partial charge < -0.3 is 9.26 Å². The zero-order chi connectivity index (χ0) is 15.4. The van der Waals surface area contributed by atoms with E-state index < -0.39 is 0 Å². The molecule has 0 saturated heterocycles. The maximum atomic E-state index is 12.9. The van der Waals surface area contributed by atoms with Crippen LogP contribution >= 0.6 is 0 Å². The Morgan fingerprint density at radius 3 is 2.50 bits per heavy atom. The highest BCUT2D eigenvalue weighted by molar-refractivity contribution is 5.74. The Balaban J connectivity index is 1.66. The van der Waals surface area contributed by atoms with E-state index in [1.165, 1.54) is 12.1 Å². The summed E-state index contributed by atoms with van der Waals surface area (Å²) < 4.78 is 23.4. The van der Waals surface area contributed by atoms with Crippen LogP contribution in [0.3, 0.4) is 0 Å². The molecule has 3 rings (SSSR count). The van der Waals surface area contributed by atoms with E-state index in [1.54, 1.807) is 36.4 Å². The highest BCUT2D eigenvalue weighted by Gasteiger charge is 2.09. The van der Waals surface area contributed by atoms with Gasteiger partial charge in [-0.15, -0.1) is 0 Å². The molecule has 22 heavy (non-hydrogen) atoms. The lowest BCUT2D eigenvalue weighted by Crippen LogP contribution is -1.96. The van der Waals surface area contributed by atoms with Crippen LogP contribution in [0.25, 0.3) is 11.4 Å². The number of carbonyl (C=O) groups is 1. The van der Waals surface area contributed by atoms with Crippen molar-refractivity contribution in [3.63, 3.8) is 0 Å². The van der Waals surface area contributed by atoms with Crippen LogP contribution in [-0.4, -0.2) is 16.4 Å². The number of halogens is 1. The number of benzene rings is 2. The number of nitrogens with zero attached hydrogens (tertiary/aromatic N) is 2. The van der Waals surface area contributed by atoms with Gasteiger partial charge in [0.15, 0.2) is 6.61 Å². The average molecular weight is 298 g/mol. The summed E-state index contributed by atoms with van der Waals surface area (Å²) in [5.74, 6) is 0.940. The van der Waals surface area contributed by atoms with Gasteiger partial charge in [0.2, 0.25) is 5.82 Å². The van der Waals surface area contributed by atoms with E-state index in [9.17, 15) is 9.18 Å². The van der Waals surface area contributed by atoms with Crippen LogP contribution in [0.1, 0.15) is 16.2 Å². The highest BCUT2D eigenvalue weighted by Crippen LogP contribution is 2.17. The van der Waals surface area contributed by atoms with Crippen molar-refractivity contribution in [1.29, 1.82) is 0 Å². The van der Waals surface area contributed by atoms with Crippen molar-refractivity contribution in [1.82, 2.24) is 10.1 Å². The van der Waals surface area contributed by atoms with Crippen molar-refractivity contribution >= 4 is 6.29 Å². The molecule has 0 spiro atoms. The number of rotatable bonds is 5. The molecule has 1 aromatic heterocycles. The van der Waals surface area contributed by atoms with Crippen LogP contribution < -0.4 is 4.74 Å². The lowest BCUT2D eigenvalue weighted by Gasteiger charge is -2.02. The Bertz CT molecular complexity index is 767. The second-order valence-corrected chi connectivity index (χ2v) is 4.49. The number of ether oxygens (including phenoxy) is 1. The van der Waals surface area contributed by atoms with Gasteiger partial charge in [-0.2, -0.15) is 4.98 Å². The molecule has 0 amide bonds. The normalized spacial score (nSPS) is 10.4. The highest BCUT2D eigenvalue weighted by atomic mass is 19.1. The van der Waals surface area contributed by atoms with Crippen molar-refractivity contribution in [3.8, 4) is 17.1 Å². The summed E-state index contributed by atoms with van der Waals surface area (Å²) in [6, 6.07) is 12.5. The number of carbonyl (C=O) groups excluding carboxylic acids is 1. The summed E-state index contributed by atoms with van der Waals surface area (Å²) in [5.41, 5.74) is 1.23. The van der Waals surface area contributed by atoms with E-state index in [4.69, 9.17) is 9.26 Å². The Labute approximate surface area is 125 Å². The largest absolute Gasteiger partial charge is 0.484 e. The van der Waals surface area contributed by atoms with Crippen molar-refractivity contribution in [3.05, 3.63) is 65.8 Å². The van der Waals surface area contributed by atoms with E-state index in [1.807, 2.05) is 0 Å². The molecule has 3 aromatic rings. The molecule has 0 N–H and O–H groups in total. The fourth-order valence-electron chi connectivity index (χ4n) is 1.82. The van der Waals surface area contributed by atoms with Gasteiger partial charge in [-0.3, -0.25) is 4.79 Å². The van der Waals surface area contributed by atoms with Gasteiger partial charge in [-0.25, -0.2) is 4.39 Å². The van der Waals surface area contributed by atoms with E-state index in [2.05, 4.69) is 10.1 Å². The third-order valence-corrected chi connectivity index (χ3v) is 2.95. The molecule has 0 saturated carbocycles. The Morgan fingerprint density at radius 2 is 1.82 bits per heavy atom. The van der Waals surface area contributed by atoms with E-state index >= 15 is 0 Å². The summed E-state index contributed by atoms with van der Waals surface area (Å²) in [6.07, 6.45) is 0.761. The zero-order valence-corrected chi connectivity index (χ0v) is 11.4. The minimum atomic E-state index is -0.324. The first-order chi connectivity index (χ1) is 10.7. The second kappa shape index (κ2) is 6.17. The molecule has 0 aliphatic heterocycles. The first-order valence-corrected chi connectivity index (χ1v) is 6.51. The smallest absolute Gasteiger partial charge is 0.264 e. The quantitative estimate of drug-likeness (QED) is 0.676. The molecule has 6 heteroatoms. The third-order valence-electron chi connectivity index (χ3n) is 2.95. The number of aldehydes is 1. The van der Waals surface area contributed by atoms with Crippen molar-refractivity contribution in [2.24, 2.45) is 0 Å². The predicted octanol–water partition coefficient (Wildman–Crippen LogP) is 3.27. The molecule has 1 heterocycles. The summed E-state index contributed by atoms with van der Waals surface area (Å²) >= 11 is 0. The van der Waals surface area contributed by atoms with Crippen LogP contribution in [0.5, 0.6) is 5.75 Å². The molecule has 0 fully saturated rings. The fourth-order valence-corrected chi connectivity index (χ4v) is 1.82. The van der Waals surface area contributed by atoms with Gasteiger partial charge in [0.25, 0.3) is 5.89 Å². The first kappa shape index (κ1) is 13.9. The summed E-state index contributed by atoms with van der Waals surface area (Å²) in [6.45, 7) is 0.106. The summed E-state index contributed by atoms with van der Waals surface area (Å²) in [4.78, 5) is 14.7. The lowest BCUT2D eigenvalue weighted by molar-refractivity contribution is 0.112. The zero-order valence-electron chi connectivity index (χ0n) is 11.4. The number of aromatic nitrogens is 2. The van der Waals surface area contributed by atoms with Gasteiger partial charge in [0.05, 0.1) is 0 Å². The SMILES string of the molecule is O=Cc1ccc(OCc2nc(-c3ccc(F)cc3)no2)cc1. The molecule has 0 unspecified atom stereocenters. The lowest BCUT2D eigenvalue weighted by atomic mass is 10.2. The molecule has 110 valence electrons. The summed E-state index contributed by atoms with van der Waals surface area (Å²) in [5, 5.41) is 3.82. The summed E-state index contributed by atoms with van der Waals surface area (Å²) in [7, 11) is 0. The van der Waals surface area contributed by atoms with Crippen LogP contribution in [0, 0.1) is 5.82 Å². The number of hydrogen-bond acceptors (Lipinski definition) is 5. The predicted molar refractivity (Wildman–Crippen MR) is 75.9 cm³/mol. The van der Waals surface area contributed by atoms with Gasteiger partial charge in [0.1, 0.15) is 17.9 Å². The molecule has 0 radical (unpaired) electrons. The fraction of sp³-hybridized carbons (Fsp3) is 0.0625. The van der Waals surface area contributed by atoms with Gasteiger partial charge in [-0.1, -0.05) is 5.16 Å². The Morgan fingerprint density at radius 1 is 1.09 bits per heavy atom. The average Bonchev–Trinajstić information content (AvgIpc) is 3.03. The topological polar surface area (TPSA) is 65.2 Å². The molecule has 2 aromatic carbocycles. The molecule has 0 bridgehead atoms. The molecule has 0 atom stereocenters. The van der Waals surface area contributed by atoms with Crippen LogP contribution in [0.2, 0.25) is 0 Å². The van der Waals surface area contributed by atoms with Gasteiger partial charge in [-0.05, 0) is 48.5 Å². The van der Waals surface area contributed by atoms with Gasteiger partial charge in [0, 0.05) is 11.1 Å². The molecule has 0 aliphatic carbocycles. The molecular formula is C16H11FN2O3. The minimum Gasteiger partial charge on any atom is -0.484 e. The Kier molecular flexibility index (Phi) is 3.91. The van der Waals surface area contributed by atoms with E-state index in [0.29, 0.717) is 28.6 Å². The maximum absolute atomic E-state index is 12.9. The second-order valence-electron chi connectivity index (χ2n) is 4.49. The first-order valence-electron chi connectivity index (χ1n) is 6.51. The van der Waals surface area contributed by atoms with Gasteiger partial charge >= 0.3 is 0 Å². The van der Waals surface area contributed by atoms with Crippen molar-refractivity contribution < 1.29 is 18.4 Å². The third kappa shape index (κ3) is 3.17.